The third-order valence-electron chi connectivity index (χ3n) is 2.21. The predicted octanol–water partition coefficient (Wildman–Crippen LogP) is 2.61. The zero-order valence-electron chi connectivity index (χ0n) is 8.68. The molecule has 1 aromatic heterocycles. The lowest BCUT2D eigenvalue weighted by Crippen LogP contribution is -2.15. The third-order valence-corrected chi connectivity index (χ3v) is 2.71. The molecular weight excluding hydrogens is 270 g/mol. The van der Waals surface area contributed by atoms with Gasteiger partial charge >= 0.3 is 0 Å². The summed E-state index contributed by atoms with van der Waals surface area (Å²) in [5.74, 6) is 0.729. The van der Waals surface area contributed by atoms with Gasteiger partial charge in [-0.3, -0.25) is 9.36 Å². The minimum atomic E-state index is -0.0809. The Balaban J connectivity index is 2.54. The average Bonchev–Trinajstić information content (AvgIpc) is 2.29. The highest BCUT2D eigenvalue weighted by atomic mass is 79.9. The minimum absolute atomic E-state index is 0.0809. The molecule has 1 aromatic carbocycles. The fourth-order valence-electron chi connectivity index (χ4n) is 1.43. The van der Waals surface area contributed by atoms with Crippen molar-refractivity contribution in [2.45, 2.75) is 0 Å². The topological polar surface area (TPSA) is 31.2 Å². The summed E-state index contributed by atoms with van der Waals surface area (Å²) >= 11 is 3.26. The smallest absolute Gasteiger partial charge is 0.256 e. The van der Waals surface area contributed by atoms with Crippen LogP contribution in [-0.4, -0.2) is 11.7 Å². The highest BCUT2D eigenvalue weighted by Crippen LogP contribution is 2.15. The van der Waals surface area contributed by atoms with Gasteiger partial charge in [-0.15, -0.1) is 0 Å². The molecule has 0 atom stereocenters. The Hall–Kier alpha value is -1.55. The Labute approximate surface area is 101 Å². The van der Waals surface area contributed by atoms with Crippen LogP contribution in [0.3, 0.4) is 0 Å². The molecule has 0 spiro atoms. The lowest BCUT2D eigenvalue weighted by molar-refractivity contribution is 0.414. The first-order valence-electron chi connectivity index (χ1n) is 4.73. The normalized spacial score (nSPS) is 10.1. The highest BCUT2D eigenvalue weighted by Gasteiger charge is 2.01. The maximum Gasteiger partial charge on any atom is 0.256 e. The van der Waals surface area contributed by atoms with Crippen LogP contribution in [0.5, 0.6) is 5.75 Å². The molecule has 0 unspecified atom stereocenters. The molecule has 4 heteroatoms. The zero-order chi connectivity index (χ0) is 11.5. The van der Waals surface area contributed by atoms with Gasteiger partial charge in [0, 0.05) is 22.8 Å². The molecule has 1 heterocycles. The molecule has 16 heavy (non-hydrogen) atoms. The first kappa shape index (κ1) is 11.0. The molecule has 3 nitrogen and oxygen atoms in total. The van der Waals surface area contributed by atoms with Crippen molar-refractivity contribution in [3.63, 3.8) is 0 Å². The van der Waals surface area contributed by atoms with E-state index >= 15 is 0 Å². The summed E-state index contributed by atoms with van der Waals surface area (Å²) in [6.07, 6.45) is 1.72. The van der Waals surface area contributed by atoms with Crippen molar-refractivity contribution in [2.24, 2.45) is 0 Å². The quantitative estimate of drug-likeness (QED) is 0.846. The molecule has 0 aliphatic carbocycles. The Morgan fingerprint density at radius 1 is 1.25 bits per heavy atom. The molecule has 0 fully saturated rings. The van der Waals surface area contributed by atoms with Crippen LogP contribution in [0.1, 0.15) is 0 Å². The fraction of sp³-hybridized carbons (Fsp3) is 0.0833. The number of aromatic nitrogens is 1. The molecule has 0 bridgehead atoms. The van der Waals surface area contributed by atoms with Crippen LogP contribution in [0.4, 0.5) is 0 Å². The Morgan fingerprint density at radius 2 is 2.06 bits per heavy atom. The van der Waals surface area contributed by atoms with E-state index in [9.17, 15) is 4.79 Å². The standard InChI is InChI=1S/C12H10BrNO2/c1-16-11-4-2-3-10(8-11)14-6-5-9(13)7-12(14)15/h2-8H,1H3. The van der Waals surface area contributed by atoms with Crippen LogP contribution in [0, 0.1) is 0 Å². The monoisotopic (exact) mass is 279 g/mol. The molecule has 0 aliphatic heterocycles. The van der Waals surface area contributed by atoms with Gasteiger partial charge in [0.05, 0.1) is 12.8 Å². The van der Waals surface area contributed by atoms with E-state index in [1.165, 1.54) is 6.07 Å². The van der Waals surface area contributed by atoms with Gasteiger partial charge in [0.2, 0.25) is 0 Å². The molecule has 0 saturated heterocycles. The van der Waals surface area contributed by atoms with E-state index in [4.69, 9.17) is 4.74 Å². The summed E-state index contributed by atoms with van der Waals surface area (Å²) in [6.45, 7) is 0. The maximum atomic E-state index is 11.7. The third kappa shape index (κ3) is 2.17. The second kappa shape index (κ2) is 4.53. The lowest BCUT2D eigenvalue weighted by atomic mass is 10.3. The number of methoxy groups -OCH3 is 1. The average molecular weight is 280 g/mol. The van der Waals surface area contributed by atoms with Gasteiger partial charge in [0.1, 0.15) is 5.75 Å². The Morgan fingerprint density at radius 3 is 2.75 bits per heavy atom. The van der Waals surface area contributed by atoms with Gasteiger partial charge in [-0.2, -0.15) is 0 Å². The molecular formula is C12H10BrNO2. The number of halogens is 1. The number of pyridine rings is 1. The van der Waals surface area contributed by atoms with Crippen molar-refractivity contribution in [1.82, 2.24) is 4.57 Å². The number of nitrogens with zero attached hydrogens (tertiary/aromatic N) is 1. The van der Waals surface area contributed by atoms with E-state index < -0.39 is 0 Å². The van der Waals surface area contributed by atoms with Crippen molar-refractivity contribution in [3.8, 4) is 11.4 Å². The molecule has 0 saturated carbocycles. The summed E-state index contributed by atoms with van der Waals surface area (Å²) < 4.78 is 7.45. The van der Waals surface area contributed by atoms with Crippen molar-refractivity contribution < 1.29 is 4.74 Å². The largest absolute Gasteiger partial charge is 0.497 e. The van der Waals surface area contributed by atoms with E-state index in [-0.39, 0.29) is 5.56 Å². The van der Waals surface area contributed by atoms with E-state index in [1.807, 2.05) is 30.3 Å². The maximum absolute atomic E-state index is 11.7. The van der Waals surface area contributed by atoms with E-state index in [2.05, 4.69) is 15.9 Å². The Kier molecular flexibility index (Phi) is 3.10. The van der Waals surface area contributed by atoms with Gasteiger partial charge in [0.25, 0.3) is 5.56 Å². The molecule has 0 radical (unpaired) electrons. The molecule has 2 rings (SSSR count). The van der Waals surface area contributed by atoms with Gasteiger partial charge in [0.15, 0.2) is 0 Å². The number of rotatable bonds is 2. The van der Waals surface area contributed by atoms with Crippen LogP contribution in [-0.2, 0) is 0 Å². The van der Waals surface area contributed by atoms with Crippen LogP contribution in [0.25, 0.3) is 5.69 Å². The van der Waals surface area contributed by atoms with Crippen molar-refractivity contribution in [2.75, 3.05) is 7.11 Å². The van der Waals surface area contributed by atoms with Gasteiger partial charge in [-0.05, 0) is 18.2 Å². The summed E-state index contributed by atoms with van der Waals surface area (Å²) in [7, 11) is 1.60. The zero-order valence-corrected chi connectivity index (χ0v) is 10.3. The van der Waals surface area contributed by atoms with E-state index in [0.29, 0.717) is 0 Å². The predicted molar refractivity (Wildman–Crippen MR) is 66.3 cm³/mol. The van der Waals surface area contributed by atoms with E-state index in [0.717, 1.165) is 15.9 Å². The first-order valence-corrected chi connectivity index (χ1v) is 5.52. The molecule has 2 aromatic rings. The highest BCUT2D eigenvalue weighted by molar-refractivity contribution is 9.10. The molecule has 0 N–H and O–H groups in total. The second-order valence-corrected chi connectivity index (χ2v) is 4.17. The van der Waals surface area contributed by atoms with Crippen LogP contribution < -0.4 is 10.3 Å². The summed E-state index contributed by atoms with van der Waals surface area (Å²) in [4.78, 5) is 11.7. The number of hydrogen-bond acceptors (Lipinski definition) is 2. The minimum Gasteiger partial charge on any atom is -0.497 e. The molecule has 82 valence electrons. The summed E-state index contributed by atoms with van der Waals surface area (Å²) in [5.41, 5.74) is 0.708. The van der Waals surface area contributed by atoms with Gasteiger partial charge < -0.3 is 4.74 Å². The van der Waals surface area contributed by atoms with Gasteiger partial charge in [-0.1, -0.05) is 22.0 Å². The molecule has 0 amide bonds. The lowest BCUT2D eigenvalue weighted by Gasteiger charge is -2.07. The first-order chi connectivity index (χ1) is 7.70. The fourth-order valence-corrected chi connectivity index (χ4v) is 1.74. The summed E-state index contributed by atoms with van der Waals surface area (Å²) in [5, 5.41) is 0. The second-order valence-electron chi connectivity index (χ2n) is 3.25. The van der Waals surface area contributed by atoms with E-state index in [1.54, 1.807) is 17.9 Å². The Bertz CT molecular complexity index is 563. The SMILES string of the molecule is COc1cccc(-n2ccc(Br)cc2=O)c1. The number of ether oxygens (including phenoxy) is 1. The van der Waals surface area contributed by atoms with Crippen LogP contribution in [0.2, 0.25) is 0 Å². The summed E-state index contributed by atoms with van der Waals surface area (Å²) in [6, 6.07) is 10.7. The van der Waals surface area contributed by atoms with Crippen molar-refractivity contribution in [3.05, 3.63) is 57.4 Å². The number of hydrogen-bond donors (Lipinski definition) is 0. The van der Waals surface area contributed by atoms with Crippen LogP contribution in [0.15, 0.2) is 51.9 Å². The number of benzene rings is 1. The van der Waals surface area contributed by atoms with Crippen molar-refractivity contribution >= 4 is 15.9 Å². The van der Waals surface area contributed by atoms with Crippen LogP contribution >= 0.6 is 15.9 Å². The molecule has 0 aliphatic rings. The van der Waals surface area contributed by atoms with Gasteiger partial charge in [-0.25, -0.2) is 0 Å². The van der Waals surface area contributed by atoms with Crippen molar-refractivity contribution in [1.29, 1.82) is 0 Å².